The molecule has 2 heterocycles. The van der Waals surface area contributed by atoms with Gasteiger partial charge in [-0.25, -0.2) is 0 Å². The van der Waals surface area contributed by atoms with Crippen LogP contribution in [0.5, 0.6) is 0 Å². The summed E-state index contributed by atoms with van der Waals surface area (Å²) in [6, 6.07) is 1.64. The first-order chi connectivity index (χ1) is 9.95. The molecule has 1 aliphatic rings. The van der Waals surface area contributed by atoms with Crippen LogP contribution in [-0.4, -0.2) is 46.7 Å². The van der Waals surface area contributed by atoms with Gasteiger partial charge in [-0.3, -0.25) is 14.5 Å². The molecule has 21 heavy (non-hydrogen) atoms. The van der Waals surface area contributed by atoms with Gasteiger partial charge in [0.05, 0.1) is 12.0 Å². The van der Waals surface area contributed by atoms with E-state index in [-0.39, 0.29) is 12.5 Å². The molecule has 0 saturated carbocycles. The lowest BCUT2D eigenvalue weighted by Crippen LogP contribution is -2.37. The molecule has 1 aromatic heterocycles. The van der Waals surface area contributed by atoms with Crippen molar-refractivity contribution in [3.8, 4) is 0 Å². The van der Waals surface area contributed by atoms with Crippen molar-refractivity contribution in [2.24, 2.45) is 5.41 Å². The maximum Gasteiger partial charge on any atom is 0.310 e. The number of aryl methyl sites for hydroxylation is 1. The summed E-state index contributed by atoms with van der Waals surface area (Å²) in [5.41, 5.74) is -0.709. The van der Waals surface area contributed by atoms with Gasteiger partial charge in [0, 0.05) is 12.6 Å². The first kappa shape index (κ1) is 15.5. The summed E-state index contributed by atoms with van der Waals surface area (Å²) < 4.78 is 4.88. The van der Waals surface area contributed by atoms with E-state index in [4.69, 9.17) is 4.52 Å². The predicted octanol–water partition coefficient (Wildman–Crippen LogP) is 1.50. The van der Waals surface area contributed by atoms with Crippen LogP contribution in [0.4, 0.5) is 5.82 Å². The molecule has 0 bridgehead atoms. The zero-order chi connectivity index (χ0) is 15.5. The largest absolute Gasteiger partial charge is 0.481 e. The minimum absolute atomic E-state index is 0.171. The van der Waals surface area contributed by atoms with Gasteiger partial charge in [-0.15, -0.1) is 0 Å². The number of aromatic nitrogens is 1. The van der Waals surface area contributed by atoms with Gasteiger partial charge < -0.3 is 14.9 Å². The van der Waals surface area contributed by atoms with Gasteiger partial charge in [0.25, 0.3) is 0 Å². The summed E-state index contributed by atoms with van der Waals surface area (Å²) in [5.74, 6) is 0.0365. The standard InChI is InChI=1S/C14H21N3O4/c1-3-4-14(13(19)20)5-6-17(9-14)8-12(18)15-11-7-10(2)21-16-11/h7H,3-6,8-9H2,1-2H3,(H,19,20)(H,15,16,18). The lowest BCUT2D eigenvalue weighted by molar-refractivity contribution is -0.148. The Labute approximate surface area is 123 Å². The molecular weight excluding hydrogens is 274 g/mol. The molecule has 0 aliphatic carbocycles. The normalized spacial score (nSPS) is 22.4. The Morgan fingerprint density at radius 1 is 1.57 bits per heavy atom. The second-order valence-electron chi connectivity index (χ2n) is 5.67. The average Bonchev–Trinajstić information content (AvgIpc) is 2.98. The number of anilines is 1. The van der Waals surface area contributed by atoms with E-state index in [1.54, 1.807) is 13.0 Å². The summed E-state index contributed by atoms with van der Waals surface area (Å²) >= 11 is 0. The summed E-state index contributed by atoms with van der Waals surface area (Å²) in [6.07, 6.45) is 2.06. The predicted molar refractivity (Wildman–Crippen MR) is 75.9 cm³/mol. The number of rotatable bonds is 6. The zero-order valence-electron chi connectivity index (χ0n) is 12.4. The highest BCUT2D eigenvalue weighted by molar-refractivity contribution is 5.91. The molecular formula is C14H21N3O4. The highest BCUT2D eigenvalue weighted by atomic mass is 16.5. The highest BCUT2D eigenvalue weighted by Crippen LogP contribution is 2.35. The Kier molecular flexibility index (Phi) is 4.62. The molecule has 1 unspecified atom stereocenters. The number of hydrogen-bond donors (Lipinski definition) is 2. The van der Waals surface area contributed by atoms with Gasteiger partial charge in [0.2, 0.25) is 5.91 Å². The Bertz CT molecular complexity index is 528. The summed E-state index contributed by atoms with van der Waals surface area (Å²) in [4.78, 5) is 25.3. The quantitative estimate of drug-likeness (QED) is 0.825. The van der Waals surface area contributed by atoms with Gasteiger partial charge in [0.1, 0.15) is 5.76 Å². The molecule has 2 N–H and O–H groups in total. The third-order valence-corrected chi connectivity index (χ3v) is 3.88. The van der Waals surface area contributed by atoms with Crippen LogP contribution in [0.15, 0.2) is 10.6 Å². The lowest BCUT2D eigenvalue weighted by atomic mass is 9.83. The maximum atomic E-state index is 11.9. The lowest BCUT2D eigenvalue weighted by Gasteiger charge is -2.24. The molecule has 116 valence electrons. The van der Waals surface area contributed by atoms with Crippen LogP contribution < -0.4 is 5.32 Å². The number of carbonyl (C=O) groups is 2. The average molecular weight is 295 g/mol. The van der Waals surface area contributed by atoms with Crippen molar-refractivity contribution >= 4 is 17.7 Å². The molecule has 0 radical (unpaired) electrons. The molecule has 2 rings (SSSR count). The van der Waals surface area contributed by atoms with Crippen LogP contribution in [0, 0.1) is 12.3 Å². The fourth-order valence-corrected chi connectivity index (χ4v) is 2.87. The number of likely N-dealkylation sites (tertiary alicyclic amines) is 1. The van der Waals surface area contributed by atoms with E-state index in [0.29, 0.717) is 37.5 Å². The number of carboxylic acids is 1. The number of carbonyl (C=O) groups excluding carboxylic acids is 1. The topological polar surface area (TPSA) is 95.7 Å². The second-order valence-corrected chi connectivity index (χ2v) is 5.67. The second kappa shape index (κ2) is 6.26. The van der Waals surface area contributed by atoms with Crippen LogP contribution in [0.2, 0.25) is 0 Å². The Morgan fingerprint density at radius 2 is 2.33 bits per heavy atom. The molecule has 7 nitrogen and oxygen atoms in total. The van der Waals surface area contributed by atoms with Gasteiger partial charge in [0.15, 0.2) is 5.82 Å². The summed E-state index contributed by atoms with van der Waals surface area (Å²) in [6.45, 7) is 4.94. The Morgan fingerprint density at radius 3 is 2.90 bits per heavy atom. The molecule has 7 heteroatoms. The van der Waals surface area contributed by atoms with Crippen LogP contribution >= 0.6 is 0 Å². The highest BCUT2D eigenvalue weighted by Gasteiger charge is 2.44. The number of aliphatic carboxylic acids is 1. The van der Waals surface area contributed by atoms with Gasteiger partial charge in [-0.2, -0.15) is 0 Å². The van der Waals surface area contributed by atoms with E-state index >= 15 is 0 Å². The third kappa shape index (κ3) is 3.60. The fourth-order valence-electron chi connectivity index (χ4n) is 2.87. The molecule has 0 spiro atoms. The van der Waals surface area contributed by atoms with Gasteiger partial charge in [-0.1, -0.05) is 18.5 Å². The molecule has 1 fully saturated rings. The van der Waals surface area contributed by atoms with Crippen molar-refractivity contribution < 1.29 is 19.2 Å². The molecule has 1 atom stereocenters. The van der Waals surface area contributed by atoms with Crippen LogP contribution in [0.25, 0.3) is 0 Å². The molecule has 1 saturated heterocycles. The molecule has 1 amide bonds. The van der Waals surface area contributed by atoms with Crippen LogP contribution in [0.1, 0.15) is 31.9 Å². The Balaban J connectivity index is 1.89. The summed E-state index contributed by atoms with van der Waals surface area (Å²) in [5, 5.41) is 15.8. The van der Waals surface area contributed by atoms with Gasteiger partial charge >= 0.3 is 5.97 Å². The van der Waals surface area contributed by atoms with Gasteiger partial charge in [-0.05, 0) is 26.3 Å². The fraction of sp³-hybridized carbons (Fsp3) is 0.643. The van der Waals surface area contributed by atoms with E-state index < -0.39 is 11.4 Å². The van der Waals surface area contributed by atoms with Crippen molar-refractivity contribution in [3.63, 3.8) is 0 Å². The molecule has 1 aromatic rings. The number of amides is 1. The molecule has 0 aromatic carbocycles. The van der Waals surface area contributed by atoms with E-state index in [9.17, 15) is 14.7 Å². The van der Waals surface area contributed by atoms with E-state index in [1.165, 1.54) is 0 Å². The Hall–Kier alpha value is -1.89. The number of nitrogens with one attached hydrogen (secondary N) is 1. The van der Waals surface area contributed by atoms with Crippen molar-refractivity contribution in [3.05, 3.63) is 11.8 Å². The number of nitrogens with zero attached hydrogens (tertiary/aromatic N) is 2. The molecule has 1 aliphatic heterocycles. The minimum Gasteiger partial charge on any atom is -0.481 e. The van der Waals surface area contributed by atoms with Crippen molar-refractivity contribution in [2.75, 3.05) is 25.0 Å². The SMILES string of the molecule is CCCC1(C(=O)O)CCN(CC(=O)Nc2cc(C)on2)C1. The minimum atomic E-state index is -0.764. The maximum absolute atomic E-state index is 11.9. The first-order valence-electron chi connectivity index (χ1n) is 7.14. The van der Waals surface area contributed by atoms with Crippen molar-refractivity contribution in [2.45, 2.75) is 33.1 Å². The zero-order valence-corrected chi connectivity index (χ0v) is 12.4. The van der Waals surface area contributed by atoms with Crippen LogP contribution in [-0.2, 0) is 9.59 Å². The monoisotopic (exact) mass is 295 g/mol. The number of carboxylic acid groups (broad SMARTS) is 1. The van der Waals surface area contributed by atoms with Crippen molar-refractivity contribution in [1.82, 2.24) is 10.1 Å². The van der Waals surface area contributed by atoms with Crippen LogP contribution in [0.3, 0.4) is 0 Å². The van der Waals surface area contributed by atoms with Crippen molar-refractivity contribution in [1.29, 1.82) is 0 Å². The smallest absolute Gasteiger partial charge is 0.310 e. The number of hydrogen-bond acceptors (Lipinski definition) is 5. The van der Waals surface area contributed by atoms with E-state index in [0.717, 1.165) is 6.42 Å². The van der Waals surface area contributed by atoms with E-state index in [2.05, 4.69) is 10.5 Å². The first-order valence-corrected chi connectivity index (χ1v) is 7.14. The van der Waals surface area contributed by atoms with E-state index in [1.807, 2.05) is 11.8 Å². The summed E-state index contributed by atoms with van der Waals surface area (Å²) in [7, 11) is 0. The third-order valence-electron chi connectivity index (χ3n) is 3.88.